The summed E-state index contributed by atoms with van der Waals surface area (Å²) in [6, 6.07) is -0.478. The lowest BCUT2D eigenvalue weighted by Crippen LogP contribution is -2.38. The zero-order chi connectivity index (χ0) is 12.1. The Morgan fingerprint density at radius 3 is 2.07 bits per heavy atom. The third-order valence-electron chi connectivity index (χ3n) is 2.45. The molecular formula is C12H25NO2. The van der Waals surface area contributed by atoms with E-state index in [2.05, 4.69) is 13.8 Å². The first-order chi connectivity index (χ1) is 6.80. The van der Waals surface area contributed by atoms with E-state index in [0.717, 1.165) is 19.3 Å². The summed E-state index contributed by atoms with van der Waals surface area (Å²) in [6.45, 7) is 9.81. The van der Waals surface area contributed by atoms with E-state index in [9.17, 15) is 4.79 Å². The number of hydrogen-bond donors (Lipinski definition) is 1. The molecule has 1 atom stereocenters. The van der Waals surface area contributed by atoms with Crippen LogP contribution in [0, 0.1) is 5.92 Å². The van der Waals surface area contributed by atoms with Crippen LogP contribution in [0.25, 0.3) is 0 Å². The monoisotopic (exact) mass is 215 g/mol. The second-order valence-electron chi connectivity index (χ2n) is 5.06. The molecule has 15 heavy (non-hydrogen) atoms. The van der Waals surface area contributed by atoms with E-state index in [1.165, 1.54) is 0 Å². The van der Waals surface area contributed by atoms with Crippen LogP contribution in [0.3, 0.4) is 0 Å². The largest absolute Gasteiger partial charge is 0.459 e. The fraction of sp³-hybridized carbons (Fsp3) is 0.917. The quantitative estimate of drug-likeness (QED) is 0.717. The van der Waals surface area contributed by atoms with Crippen molar-refractivity contribution in [2.45, 2.75) is 65.5 Å². The first kappa shape index (κ1) is 14.4. The van der Waals surface area contributed by atoms with E-state index in [1.54, 1.807) is 0 Å². The van der Waals surface area contributed by atoms with Gasteiger partial charge in [-0.05, 0) is 33.1 Å². The molecule has 1 unspecified atom stereocenters. The lowest BCUT2D eigenvalue weighted by molar-refractivity contribution is -0.156. The van der Waals surface area contributed by atoms with Gasteiger partial charge in [0.15, 0.2) is 0 Å². The Morgan fingerprint density at radius 2 is 1.73 bits per heavy atom. The SMILES string of the molecule is CCC(CC)CC(N)C(=O)OC(C)(C)C. The number of esters is 1. The Morgan fingerprint density at radius 1 is 1.27 bits per heavy atom. The van der Waals surface area contributed by atoms with Crippen molar-refractivity contribution < 1.29 is 9.53 Å². The molecule has 90 valence electrons. The van der Waals surface area contributed by atoms with Crippen LogP contribution in [0.15, 0.2) is 0 Å². The minimum absolute atomic E-state index is 0.283. The van der Waals surface area contributed by atoms with Gasteiger partial charge in [0.05, 0.1) is 0 Å². The van der Waals surface area contributed by atoms with Crippen molar-refractivity contribution in [2.24, 2.45) is 11.7 Å². The molecule has 3 heteroatoms. The molecule has 2 N–H and O–H groups in total. The van der Waals surface area contributed by atoms with Crippen molar-refractivity contribution in [3.8, 4) is 0 Å². The number of nitrogens with two attached hydrogens (primary N) is 1. The van der Waals surface area contributed by atoms with Crippen LogP contribution in [0.2, 0.25) is 0 Å². The first-order valence-corrected chi connectivity index (χ1v) is 5.78. The highest BCUT2D eigenvalue weighted by atomic mass is 16.6. The summed E-state index contributed by atoms with van der Waals surface area (Å²) in [5.41, 5.74) is 5.36. The van der Waals surface area contributed by atoms with E-state index < -0.39 is 11.6 Å². The van der Waals surface area contributed by atoms with Crippen LogP contribution in [-0.2, 0) is 9.53 Å². The molecule has 0 aliphatic carbocycles. The van der Waals surface area contributed by atoms with Gasteiger partial charge in [0.1, 0.15) is 11.6 Å². The standard InChI is InChI=1S/C12H25NO2/c1-6-9(7-2)8-10(13)11(14)15-12(3,4)5/h9-10H,6-8,13H2,1-5H3. The zero-order valence-electron chi connectivity index (χ0n) is 10.7. The molecule has 0 radical (unpaired) electrons. The van der Waals surface area contributed by atoms with Crippen molar-refractivity contribution >= 4 is 5.97 Å². The Labute approximate surface area is 93.4 Å². The highest BCUT2D eigenvalue weighted by molar-refractivity contribution is 5.75. The van der Waals surface area contributed by atoms with Gasteiger partial charge in [-0.3, -0.25) is 4.79 Å². The molecule has 3 nitrogen and oxygen atoms in total. The van der Waals surface area contributed by atoms with Crippen LogP contribution in [0.5, 0.6) is 0 Å². The normalized spacial score (nSPS) is 14.1. The van der Waals surface area contributed by atoms with Gasteiger partial charge in [0.2, 0.25) is 0 Å². The van der Waals surface area contributed by atoms with E-state index >= 15 is 0 Å². The summed E-state index contributed by atoms with van der Waals surface area (Å²) in [5, 5.41) is 0. The van der Waals surface area contributed by atoms with E-state index in [0.29, 0.717) is 5.92 Å². The molecule has 0 bridgehead atoms. The van der Waals surface area contributed by atoms with Gasteiger partial charge in [-0.25, -0.2) is 0 Å². The topological polar surface area (TPSA) is 52.3 Å². The maximum atomic E-state index is 11.6. The lowest BCUT2D eigenvalue weighted by atomic mass is 9.95. The zero-order valence-corrected chi connectivity index (χ0v) is 10.7. The third-order valence-corrected chi connectivity index (χ3v) is 2.45. The van der Waals surface area contributed by atoms with Gasteiger partial charge < -0.3 is 10.5 Å². The highest BCUT2D eigenvalue weighted by Gasteiger charge is 2.23. The molecule has 0 heterocycles. The molecule has 0 amide bonds. The maximum absolute atomic E-state index is 11.6. The van der Waals surface area contributed by atoms with Gasteiger partial charge in [-0.1, -0.05) is 26.7 Å². The first-order valence-electron chi connectivity index (χ1n) is 5.78. The Kier molecular flexibility index (Phi) is 5.88. The van der Waals surface area contributed by atoms with Crippen LogP contribution >= 0.6 is 0 Å². The summed E-state index contributed by atoms with van der Waals surface area (Å²) in [7, 11) is 0. The van der Waals surface area contributed by atoms with Crippen LogP contribution in [0.4, 0.5) is 0 Å². The summed E-state index contributed by atoms with van der Waals surface area (Å²) in [5.74, 6) is 0.238. The average molecular weight is 215 g/mol. The molecule has 0 aromatic rings. The molecule has 0 aliphatic rings. The second-order valence-corrected chi connectivity index (χ2v) is 5.06. The summed E-state index contributed by atoms with van der Waals surface area (Å²) in [4.78, 5) is 11.6. The minimum atomic E-state index is -0.478. The van der Waals surface area contributed by atoms with Gasteiger partial charge in [0.25, 0.3) is 0 Å². The molecule has 0 aliphatic heterocycles. The van der Waals surface area contributed by atoms with Gasteiger partial charge >= 0.3 is 5.97 Å². The van der Waals surface area contributed by atoms with Crippen LogP contribution in [0.1, 0.15) is 53.9 Å². The summed E-state index contributed by atoms with van der Waals surface area (Å²) >= 11 is 0. The molecule has 0 fully saturated rings. The Hall–Kier alpha value is -0.570. The molecule has 0 saturated carbocycles. The van der Waals surface area contributed by atoms with Crippen molar-refractivity contribution in [3.63, 3.8) is 0 Å². The van der Waals surface area contributed by atoms with Crippen molar-refractivity contribution in [1.29, 1.82) is 0 Å². The lowest BCUT2D eigenvalue weighted by Gasteiger charge is -2.23. The number of carbonyl (C=O) groups excluding carboxylic acids is 1. The van der Waals surface area contributed by atoms with E-state index in [-0.39, 0.29) is 5.97 Å². The number of rotatable bonds is 5. The maximum Gasteiger partial charge on any atom is 0.323 e. The number of hydrogen-bond acceptors (Lipinski definition) is 3. The fourth-order valence-electron chi connectivity index (χ4n) is 1.45. The van der Waals surface area contributed by atoms with E-state index in [1.807, 2.05) is 20.8 Å². The predicted molar refractivity (Wildman–Crippen MR) is 62.5 cm³/mol. The molecule has 0 spiro atoms. The molecule has 0 saturated heterocycles. The number of carbonyl (C=O) groups is 1. The van der Waals surface area contributed by atoms with Gasteiger partial charge in [-0.2, -0.15) is 0 Å². The molecule has 0 rings (SSSR count). The highest BCUT2D eigenvalue weighted by Crippen LogP contribution is 2.16. The summed E-state index contributed by atoms with van der Waals surface area (Å²) in [6.07, 6.45) is 2.85. The minimum Gasteiger partial charge on any atom is -0.459 e. The van der Waals surface area contributed by atoms with Crippen molar-refractivity contribution in [2.75, 3.05) is 0 Å². The van der Waals surface area contributed by atoms with Crippen LogP contribution < -0.4 is 5.73 Å². The van der Waals surface area contributed by atoms with Crippen LogP contribution in [-0.4, -0.2) is 17.6 Å². The van der Waals surface area contributed by atoms with Crippen molar-refractivity contribution in [1.82, 2.24) is 0 Å². The third kappa shape index (κ3) is 6.50. The van der Waals surface area contributed by atoms with E-state index in [4.69, 9.17) is 10.5 Å². The molecule has 0 aromatic heterocycles. The number of ether oxygens (including phenoxy) is 1. The average Bonchev–Trinajstić information content (AvgIpc) is 2.10. The smallest absolute Gasteiger partial charge is 0.323 e. The van der Waals surface area contributed by atoms with Gasteiger partial charge in [0, 0.05) is 0 Å². The Bertz CT molecular complexity index is 192. The molecule has 0 aromatic carbocycles. The fourth-order valence-corrected chi connectivity index (χ4v) is 1.45. The summed E-state index contributed by atoms with van der Waals surface area (Å²) < 4.78 is 5.23. The van der Waals surface area contributed by atoms with Crippen molar-refractivity contribution in [3.05, 3.63) is 0 Å². The van der Waals surface area contributed by atoms with Gasteiger partial charge in [-0.15, -0.1) is 0 Å². The molecular weight excluding hydrogens is 190 g/mol. The Balaban J connectivity index is 4.09. The predicted octanol–water partition coefficient (Wildman–Crippen LogP) is 2.48. The second kappa shape index (κ2) is 6.11.